The minimum absolute atomic E-state index is 0.133. The van der Waals surface area contributed by atoms with Crippen molar-refractivity contribution in [3.63, 3.8) is 0 Å². The molecule has 0 bridgehead atoms. The summed E-state index contributed by atoms with van der Waals surface area (Å²) in [4.78, 5) is 28.6. The maximum Gasteiger partial charge on any atom is 0.244 e. The van der Waals surface area contributed by atoms with Crippen LogP contribution >= 0.6 is 11.6 Å². The molecule has 0 aliphatic heterocycles. The van der Waals surface area contributed by atoms with Gasteiger partial charge in [0.25, 0.3) is 0 Å². The Morgan fingerprint density at radius 1 is 0.919 bits per heavy atom. The highest BCUT2D eigenvalue weighted by Gasteiger charge is 2.33. The Morgan fingerprint density at radius 3 is 2.14 bits per heavy atom. The van der Waals surface area contributed by atoms with E-state index in [2.05, 4.69) is 5.32 Å². The van der Waals surface area contributed by atoms with E-state index in [9.17, 15) is 18.0 Å². The number of hydrogen-bond donors (Lipinski definition) is 1. The average molecular weight is 542 g/mol. The first-order chi connectivity index (χ1) is 17.6. The lowest BCUT2D eigenvalue weighted by Crippen LogP contribution is -2.53. The Morgan fingerprint density at radius 2 is 1.54 bits per heavy atom. The number of rotatable bonds is 11. The number of aryl methyl sites for hydroxylation is 1. The summed E-state index contributed by atoms with van der Waals surface area (Å²) in [7, 11) is -3.86. The number of carbonyl (C=O) groups is 2. The average Bonchev–Trinajstić information content (AvgIpc) is 2.86. The topological polar surface area (TPSA) is 86.8 Å². The molecule has 196 valence electrons. The summed E-state index contributed by atoms with van der Waals surface area (Å²) >= 11 is 6.30. The van der Waals surface area contributed by atoms with Crippen LogP contribution in [-0.4, -0.2) is 50.5 Å². The number of hydrogen-bond acceptors (Lipinski definition) is 4. The summed E-state index contributed by atoms with van der Waals surface area (Å²) in [5.74, 6) is -0.825. The lowest BCUT2D eigenvalue weighted by Gasteiger charge is -2.33. The fourth-order valence-electron chi connectivity index (χ4n) is 3.98. The summed E-state index contributed by atoms with van der Waals surface area (Å²) < 4.78 is 26.5. The van der Waals surface area contributed by atoms with Gasteiger partial charge in [0.1, 0.15) is 12.6 Å². The molecule has 0 heterocycles. The van der Waals surface area contributed by atoms with Gasteiger partial charge in [-0.25, -0.2) is 8.42 Å². The van der Waals surface area contributed by atoms with Gasteiger partial charge in [-0.2, -0.15) is 0 Å². The number of nitrogens with zero attached hydrogens (tertiary/aromatic N) is 2. The van der Waals surface area contributed by atoms with Crippen LogP contribution in [0.2, 0.25) is 5.02 Å². The molecule has 0 fully saturated rings. The van der Waals surface area contributed by atoms with Crippen molar-refractivity contribution in [1.82, 2.24) is 10.2 Å². The molecule has 1 unspecified atom stereocenters. The predicted molar refractivity (Wildman–Crippen MR) is 148 cm³/mol. The minimum Gasteiger partial charge on any atom is -0.355 e. The van der Waals surface area contributed by atoms with Crippen LogP contribution in [0.15, 0.2) is 78.9 Å². The highest BCUT2D eigenvalue weighted by atomic mass is 35.5. The number of para-hydroxylation sites is 1. The van der Waals surface area contributed by atoms with Crippen molar-refractivity contribution < 1.29 is 18.0 Å². The van der Waals surface area contributed by atoms with Gasteiger partial charge in [-0.15, -0.1) is 0 Å². The van der Waals surface area contributed by atoms with Crippen LogP contribution < -0.4 is 9.62 Å². The number of carbonyl (C=O) groups excluding carboxylic acids is 2. The van der Waals surface area contributed by atoms with E-state index >= 15 is 0 Å². The molecule has 3 aromatic carbocycles. The highest BCUT2D eigenvalue weighted by molar-refractivity contribution is 7.92. The molecule has 37 heavy (non-hydrogen) atoms. The van der Waals surface area contributed by atoms with Crippen molar-refractivity contribution in [3.8, 4) is 0 Å². The van der Waals surface area contributed by atoms with Crippen LogP contribution in [-0.2, 0) is 32.6 Å². The van der Waals surface area contributed by atoms with Gasteiger partial charge in [0, 0.05) is 19.5 Å². The molecule has 0 saturated carbocycles. The second kappa shape index (κ2) is 12.7. The van der Waals surface area contributed by atoms with Gasteiger partial charge in [-0.1, -0.05) is 83.9 Å². The summed E-state index contributed by atoms with van der Waals surface area (Å²) in [5.41, 5.74) is 2.97. The first-order valence-corrected chi connectivity index (χ1v) is 14.2. The number of sulfonamides is 1. The zero-order chi connectivity index (χ0) is 27.0. The second-order valence-corrected chi connectivity index (χ2v) is 11.1. The van der Waals surface area contributed by atoms with Crippen LogP contribution in [0.25, 0.3) is 0 Å². The smallest absolute Gasteiger partial charge is 0.244 e. The quantitative estimate of drug-likeness (QED) is 0.394. The lowest BCUT2D eigenvalue weighted by molar-refractivity contribution is -0.140. The molecular formula is C28H32ClN3O4S. The third-order valence-electron chi connectivity index (χ3n) is 5.90. The molecule has 7 nitrogen and oxygen atoms in total. The van der Waals surface area contributed by atoms with E-state index in [0.29, 0.717) is 6.54 Å². The van der Waals surface area contributed by atoms with E-state index in [-0.39, 0.29) is 29.6 Å². The van der Waals surface area contributed by atoms with Gasteiger partial charge in [0.05, 0.1) is 17.0 Å². The number of likely N-dealkylation sites (N-methyl/N-ethyl adjacent to an activating group) is 1. The maximum absolute atomic E-state index is 13.9. The first kappa shape index (κ1) is 28.2. The molecule has 0 saturated heterocycles. The standard InChI is InChI=1S/C28H32ClN3O4S/c1-4-30-28(34)26(18-22-10-6-5-7-11-22)31(19-23-16-14-21(2)15-17-23)27(33)20-32(37(3,35)36)25-13-9-8-12-24(25)29/h5-17,26H,4,18-20H2,1-3H3,(H,30,34). The van der Waals surface area contributed by atoms with Crippen molar-refractivity contribution in [1.29, 1.82) is 0 Å². The van der Waals surface area contributed by atoms with E-state index in [1.807, 2.05) is 68.4 Å². The van der Waals surface area contributed by atoms with Crippen LogP contribution in [0.4, 0.5) is 5.69 Å². The van der Waals surface area contributed by atoms with E-state index in [1.165, 1.54) is 4.90 Å². The Hall–Kier alpha value is -3.36. The normalized spacial score (nSPS) is 12.0. The Balaban J connectivity index is 2.04. The Kier molecular flexibility index (Phi) is 9.72. The molecule has 3 rings (SSSR count). The number of anilines is 1. The molecule has 2 amide bonds. The van der Waals surface area contributed by atoms with Crippen molar-refractivity contribution in [2.24, 2.45) is 0 Å². The molecule has 0 radical (unpaired) electrons. The number of amides is 2. The monoisotopic (exact) mass is 541 g/mol. The molecule has 9 heteroatoms. The fraction of sp³-hybridized carbons (Fsp3) is 0.286. The molecule has 0 aliphatic carbocycles. The van der Waals surface area contributed by atoms with Gasteiger partial charge >= 0.3 is 0 Å². The Labute approximate surface area is 224 Å². The summed E-state index contributed by atoms with van der Waals surface area (Å²) in [6.07, 6.45) is 1.30. The van der Waals surface area contributed by atoms with Crippen molar-refractivity contribution in [2.75, 3.05) is 23.7 Å². The number of nitrogens with one attached hydrogen (secondary N) is 1. The van der Waals surface area contributed by atoms with Gasteiger partial charge in [0.2, 0.25) is 21.8 Å². The molecule has 0 aromatic heterocycles. The Bertz CT molecular complexity index is 1310. The molecule has 1 atom stereocenters. The van der Waals surface area contributed by atoms with E-state index in [1.54, 1.807) is 24.3 Å². The first-order valence-electron chi connectivity index (χ1n) is 12.0. The van der Waals surface area contributed by atoms with E-state index < -0.39 is 28.5 Å². The van der Waals surface area contributed by atoms with Gasteiger partial charge in [-0.05, 0) is 37.1 Å². The molecule has 1 N–H and O–H groups in total. The van der Waals surface area contributed by atoms with E-state index in [4.69, 9.17) is 11.6 Å². The summed E-state index contributed by atoms with van der Waals surface area (Å²) in [5, 5.41) is 3.04. The van der Waals surface area contributed by atoms with Crippen LogP contribution in [0, 0.1) is 6.92 Å². The minimum atomic E-state index is -3.86. The second-order valence-electron chi connectivity index (χ2n) is 8.83. The molecule has 0 spiro atoms. The highest BCUT2D eigenvalue weighted by Crippen LogP contribution is 2.27. The van der Waals surface area contributed by atoms with Crippen molar-refractivity contribution in [2.45, 2.75) is 32.9 Å². The zero-order valence-corrected chi connectivity index (χ0v) is 22.8. The number of benzene rings is 3. The molecular weight excluding hydrogens is 510 g/mol. The van der Waals surface area contributed by atoms with Crippen LogP contribution in [0.3, 0.4) is 0 Å². The summed E-state index contributed by atoms with van der Waals surface area (Å²) in [6, 6.07) is 22.7. The van der Waals surface area contributed by atoms with Crippen LogP contribution in [0.1, 0.15) is 23.6 Å². The maximum atomic E-state index is 13.9. The van der Waals surface area contributed by atoms with Crippen molar-refractivity contribution >= 4 is 39.1 Å². The van der Waals surface area contributed by atoms with Gasteiger partial charge in [-0.3, -0.25) is 13.9 Å². The third kappa shape index (κ3) is 7.81. The van der Waals surface area contributed by atoms with Crippen LogP contribution in [0.5, 0.6) is 0 Å². The SMILES string of the molecule is CCNC(=O)C(Cc1ccccc1)N(Cc1ccc(C)cc1)C(=O)CN(c1ccccc1Cl)S(C)(=O)=O. The molecule has 3 aromatic rings. The lowest BCUT2D eigenvalue weighted by atomic mass is 10.0. The summed E-state index contributed by atoms with van der Waals surface area (Å²) in [6.45, 7) is 3.80. The van der Waals surface area contributed by atoms with Crippen molar-refractivity contribution in [3.05, 3.63) is 101 Å². The predicted octanol–water partition coefficient (Wildman–Crippen LogP) is 4.19. The third-order valence-corrected chi connectivity index (χ3v) is 7.34. The largest absolute Gasteiger partial charge is 0.355 e. The van der Waals surface area contributed by atoms with Gasteiger partial charge < -0.3 is 10.2 Å². The molecule has 0 aliphatic rings. The van der Waals surface area contributed by atoms with E-state index in [0.717, 1.165) is 27.3 Å². The zero-order valence-electron chi connectivity index (χ0n) is 21.2. The fourth-order valence-corrected chi connectivity index (χ4v) is 5.13. The van der Waals surface area contributed by atoms with Gasteiger partial charge in [0.15, 0.2) is 0 Å². The number of halogens is 1.